The largest absolute Gasteiger partial charge is 0.443 e. The maximum atomic E-state index is 12.3. The second kappa shape index (κ2) is 5.88. The molecule has 16 heavy (non-hydrogen) atoms. The van der Waals surface area contributed by atoms with Crippen molar-refractivity contribution in [2.45, 2.75) is 25.6 Å². The molecule has 1 aromatic rings. The van der Waals surface area contributed by atoms with E-state index >= 15 is 0 Å². The molecule has 0 fully saturated rings. The summed E-state index contributed by atoms with van der Waals surface area (Å²) in [7, 11) is 0. The summed E-state index contributed by atoms with van der Waals surface area (Å²) in [5, 5.41) is -0.821. The number of nitrogens with zero attached hydrogens (tertiary/aromatic N) is 1. The first-order chi connectivity index (χ1) is 7.45. The minimum atomic E-state index is -4.36. The Hall–Kier alpha value is -0.270. The number of hydrogen-bond donors (Lipinski definition) is 1. The molecule has 1 rings (SSSR count). The number of thiazole rings is 1. The lowest BCUT2D eigenvalue weighted by Crippen LogP contribution is -2.11. The van der Waals surface area contributed by atoms with Crippen LogP contribution in [0.1, 0.15) is 29.3 Å². The zero-order valence-electron chi connectivity index (χ0n) is 8.75. The van der Waals surface area contributed by atoms with Gasteiger partial charge in [0.2, 0.25) is 0 Å². The lowest BCUT2D eigenvalue weighted by molar-refractivity contribution is -0.137. The van der Waals surface area contributed by atoms with Gasteiger partial charge in [-0.1, -0.05) is 6.92 Å². The van der Waals surface area contributed by atoms with Crippen molar-refractivity contribution in [3.8, 4) is 0 Å². The molecule has 1 aromatic heterocycles. The third-order valence-electron chi connectivity index (χ3n) is 1.78. The zero-order valence-corrected chi connectivity index (χ0v) is 10.4. The Morgan fingerprint density at radius 1 is 1.56 bits per heavy atom. The number of aromatic nitrogens is 1. The van der Waals surface area contributed by atoms with E-state index in [1.54, 1.807) is 11.8 Å². The molecule has 1 heterocycles. The predicted molar refractivity (Wildman–Crippen MR) is 61.7 cm³/mol. The fraction of sp³-hybridized carbons (Fsp3) is 0.667. The van der Waals surface area contributed by atoms with Crippen LogP contribution in [0.5, 0.6) is 0 Å². The number of rotatable bonds is 5. The van der Waals surface area contributed by atoms with Crippen LogP contribution in [0.15, 0.2) is 6.20 Å². The van der Waals surface area contributed by atoms with E-state index in [4.69, 9.17) is 5.73 Å². The smallest absolute Gasteiger partial charge is 0.323 e. The van der Waals surface area contributed by atoms with Gasteiger partial charge in [0, 0.05) is 22.9 Å². The van der Waals surface area contributed by atoms with Crippen LogP contribution in [0.2, 0.25) is 0 Å². The van der Waals surface area contributed by atoms with Crippen molar-refractivity contribution in [3.63, 3.8) is 0 Å². The Balaban J connectivity index is 2.56. The van der Waals surface area contributed by atoms with Crippen molar-refractivity contribution in [1.82, 2.24) is 4.98 Å². The highest BCUT2D eigenvalue weighted by Crippen LogP contribution is 2.34. The Bertz CT molecular complexity index is 325. The van der Waals surface area contributed by atoms with Crippen molar-refractivity contribution >= 4 is 23.1 Å². The van der Waals surface area contributed by atoms with Crippen molar-refractivity contribution in [2.24, 2.45) is 5.73 Å². The van der Waals surface area contributed by atoms with Crippen LogP contribution in [0, 0.1) is 0 Å². The molecule has 0 amide bonds. The second-order valence-corrected chi connectivity index (χ2v) is 5.46. The Morgan fingerprint density at radius 3 is 2.75 bits per heavy atom. The van der Waals surface area contributed by atoms with Crippen LogP contribution in [-0.4, -0.2) is 16.5 Å². The van der Waals surface area contributed by atoms with E-state index in [-0.39, 0.29) is 6.04 Å². The number of thioether (sulfide) groups is 1. The van der Waals surface area contributed by atoms with Gasteiger partial charge in [0.25, 0.3) is 0 Å². The molecule has 0 saturated carbocycles. The Labute approximate surface area is 100 Å². The third kappa shape index (κ3) is 3.95. The van der Waals surface area contributed by atoms with Gasteiger partial charge in [-0.2, -0.15) is 24.9 Å². The monoisotopic (exact) mass is 270 g/mol. The average molecular weight is 270 g/mol. The highest BCUT2D eigenvalue weighted by atomic mass is 32.2. The molecular formula is C9H13F3N2S2. The van der Waals surface area contributed by atoms with Crippen LogP contribution in [-0.2, 0) is 6.18 Å². The maximum Gasteiger partial charge on any atom is 0.443 e. The van der Waals surface area contributed by atoms with E-state index in [0.29, 0.717) is 22.0 Å². The van der Waals surface area contributed by atoms with Gasteiger partial charge < -0.3 is 5.73 Å². The van der Waals surface area contributed by atoms with Crippen molar-refractivity contribution < 1.29 is 13.2 Å². The molecule has 0 aliphatic rings. The molecule has 0 saturated heterocycles. The van der Waals surface area contributed by atoms with Crippen molar-refractivity contribution in [1.29, 1.82) is 0 Å². The van der Waals surface area contributed by atoms with Crippen LogP contribution >= 0.6 is 23.1 Å². The van der Waals surface area contributed by atoms with Crippen LogP contribution < -0.4 is 5.73 Å². The van der Waals surface area contributed by atoms with Gasteiger partial charge in [-0.15, -0.1) is 11.3 Å². The molecule has 2 nitrogen and oxygen atoms in total. The summed E-state index contributed by atoms with van der Waals surface area (Å²) in [6, 6.07) is -0.356. The van der Waals surface area contributed by atoms with E-state index in [1.165, 1.54) is 6.20 Å². The summed E-state index contributed by atoms with van der Waals surface area (Å²) in [5.41, 5.74) is 5.77. The molecule has 7 heteroatoms. The van der Waals surface area contributed by atoms with Crippen molar-refractivity contribution in [3.05, 3.63) is 16.1 Å². The molecule has 0 bridgehead atoms. The van der Waals surface area contributed by atoms with Crippen LogP contribution in [0.25, 0.3) is 0 Å². The van der Waals surface area contributed by atoms with E-state index < -0.39 is 11.2 Å². The van der Waals surface area contributed by atoms with Gasteiger partial charge in [-0.25, -0.2) is 4.98 Å². The summed E-state index contributed by atoms with van der Waals surface area (Å²) in [5.74, 6) is 1.60. The summed E-state index contributed by atoms with van der Waals surface area (Å²) in [6.45, 7) is 2.05. The zero-order chi connectivity index (χ0) is 12.2. The van der Waals surface area contributed by atoms with Gasteiger partial charge in [0.15, 0.2) is 5.01 Å². The second-order valence-electron chi connectivity index (χ2n) is 3.25. The van der Waals surface area contributed by atoms with E-state index in [2.05, 4.69) is 4.98 Å². The minimum absolute atomic E-state index is 0.356. The van der Waals surface area contributed by atoms with E-state index in [0.717, 1.165) is 12.2 Å². The molecule has 0 aliphatic carbocycles. The maximum absolute atomic E-state index is 12.3. The van der Waals surface area contributed by atoms with Gasteiger partial charge in [0.05, 0.1) is 0 Å². The Morgan fingerprint density at radius 2 is 2.25 bits per heavy atom. The molecule has 0 spiro atoms. The summed E-state index contributed by atoms with van der Waals surface area (Å²) in [4.78, 5) is 3.84. The number of halogens is 3. The number of alkyl halides is 3. The van der Waals surface area contributed by atoms with E-state index in [1.807, 2.05) is 6.92 Å². The SMILES string of the molecule is CCCSCC(N)c1cnc(C(F)(F)F)s1. The highest BCUT2D eigenvalue weighted by Gasteiger charge is 2.34. The number of nitrogens with two attached hydrogens (primary N) is 1. The summed E-state index contributed by atoms with van der Waals surface area (Å²) < 4.78 is 36.8. The van der Waals surface area contributed by atoms with Gasteiger partial charge in [-0.05, 0) is 12.2 Å². The molecule has 1 unspecified atom stereocenters. The fourth-order valence-electron chi connectivity index (χ4n) is 1.03. The summed E-state index contributed by atoms with van der Waals surface area (Å²) in [6.07, 6.45) is -2.10. The molecule has 0 aliphatic heterocycles. The standard InChI is InChI=1S/C9H13F3N2S2/c1-2-3-15-5-6(13)7-4-14-8(16-7)9(10,11)12/h4,6H,2-3,5,13H2,1H3. The normalized spacial score (nSPS) is 14.1. The minimum Gasteiger partial charge on any atom is -0.323 e. The first-order valence-electron chi connectivity index (χ1n) is 4.81. The van der Waals surface area contributed by atoms with Gasteiger partial charge >= 0.3 is 6.18 Å². The predicted octanol–water partition coefficient (Wildman–Crippen LogP) is 3.30. The molecule has 0 aromatic carbocycles. The van der Waals surface area contributed by atoms with E-state index in [9.17, 15) is 13.2 Å². The van der Waals surface area contributed by atoms with Crippen LogP contribution in [0.4, 0.5) is 13.2 Å². The van der Waals surface area contributed by atoms with Crippen LogP contribution in [0.3, 0.4) is 0 Å². The number of hydrogen-bond acceptors (Lipinski definition) is 4. The quantitative estimate of drug-likeness (QED) is 0.834. The summed E-state index contributed by atoms with van der Waals surface area (Å²) >= 11 is 2.28. The highest BCUT2D eigenvalue weighted by molar-refractivity contribution is 7.99. The fourth-order valence-corrected chi connectivity index (χ4v) is 2.80. The van der Waals surface area contributed by atoms with Gasteiger partial charge in [-0.3, -0.25) is 0 Å². The first-order valence-corrected chi connectivity index (χ1v) is 6.78. The molecule has 0 radical (unpaired) electrons. The van der Waals surface area contributed by atoms with Gasteiger partial charge in [0.1, 0.15) is 0 Å². The first kappa shape index (κ1) is 13.8. The van der Waals surface area contributed by atoms with Crippen molar-refractivity contribution in [2.75, 3.05) is 11.5 Å². The topological polar surface area (TPSA) is 38.9 Å². The molecule has 1 atom stereocenters. The third-order valence-corrected chi connectivity index (χ3v) is 4.24. The molecular weight excluding hydrogens is 257 g/mol. The molecule has 92 valence electrons. The average Bonchev–Trinajstić information content (AvgIpc) is 2.66. The lowest BCUT2D eigenvalue weighted by Gasteiger charge is -2.07. The molecule has 2 N–H and O–H groups in total. The lowest BCUT2D eigenvalue weighted by atomic mass is 10.3. The Kier molecular flexibility index (Phi) is 5.07.